The largest absolute Gasteiger partial charge is 0.480 e. The van der Waals surface area contributed by atoms with Gasteiger partial charge in [-0.05, 0) is 5.92 Å². The normalized spacial score (nSPS) is 14.0. The van der Waals surface area contributed by atoms with Crippen molar-refractivity contribution in [3.8, 4) is 0 Å². The smallest absolute Gasteiger partial charge is 0.327 e. The van der Waals surface area contributed by atoms with Crippen LogP contribution in [0.3, 0.4) is 0 Å². The molecule has 3 unspecified atom stereocenters. The van der Waals surface area contributed by atoms with Crippen LogP contribution in [0.1, 0.15) is 20.3 Å². The number of thiol groups is 1. The summed E-state index contributed by atoms with van der Waals surface area (Å²) in [6, 6.07) is -3.39. The van der Waals surface area contributed by atoms with Gasteiger partial charge in [-0.2, -0.15) is 12.6 Å². The molecule has 0 spiro atoms. The summed E-state index contributed by atoms with van der Waals surface area (Å²) in [5.41, 5.74) is 10.5. The lowest BCUT2D eigenvalue weighted by atomic mass is 10.0. The van der Waals surface area contributed by atoms with Crippen LogP contribution in [-0.4, -0.2) is 65.1 Å². The molecule has 8 N–H and O–H groups in total. The molecule has 0 rings (SSSR count). The Bertz CT molecular complexity index is 556. The first-order valence-corrected chi connectivity index (χ1v) is 8.37. The van der Waals surface area contributed by atoms with Gasteiger partial charge in [-0.25, -0.2) is 4.79 Å². The molecule has 4 amide bonds. The minimum absolute atomic E-state index is 0.114. The van der Waals surface area contributed by atoms with Crippen molar-refractivity contribution in [1.82, 2.24) is 16.0 Å². The standard InChI is InChI=1S/C14H25N5O6S/c1-6(2)11(19-12(22)7(15)3-9(16)20)13(23)17-4-10(21)18-8(5-26)14(24)25/h6-8,11,26H,3-5,15H2,1-2H3,(H2,16,20)(H,17,23)(H,18,21)(H,19,22)(H,24,25). The molecule has 0 aromatic rings. The van der Waals surface area contributed by atoms with Crippen molar-refractivity contribution in [2.45, 2.75) is 38.4 Å². The zero-order chi connectivity index (χ0) is 20.4. The van der Waals surface area contributed by atoms with Gasteiger partial charge in [-0.15, -0.1) is 0 Å². The Balaban J connectivity index is 4.69. The van der Waals surface area contributed by atoms with Crippen LogP contribution in [0.15, 0.2) is 0 Å². The monoisotopic (exact) mass is 391 g/mol. The van der Waals surface area contributed by atoms with Crippen molar-refractivity contribution in [2.75, 3.05) is 12.3 Å². The SMILES string of the molecule is CC(C)C(NC(=O)C(N)CC(N)=O)C(=O)NCC(=O)NC(CS)C(=O)O. The van der Waals surface area contributed by atoms with Gasteiger partial charge in [0.2, 0.25) is 23.6 Å². The van der Waals surface area contributed by atoms with E-state index in [0.717, 1.165) is 0 Å². The third-order valence-corrected chi connectivity index (χ3v) is 3.61. The molecule has 0 aliphatic rings. The number of carbonyl (C=O) groups excluding carboxylic acids is 4. The summed E-state index contributed by atoms with van der Waals surface area (Å²) in [5.74, 6) is -4.58. The van der Waals surface area contributed by atoms with Gasteiger partial charge >= 0.3 is 5.97 Å². The van der Waals surface area contributed by atoms with Crippen molar-refractivity contribution < 1.29 is 29.1 Å². The summed E-state index contributed by atoms with van der Waals surface area (Å²) in [7, 11) is 0. The van der Waals surface area contributed by atoms with Crippen LogP contribution in [0.4, 0.5) is 0 Å². The van der Waals surface area contributed by atoms with E-state index in [0.29, 0.717) is 0 Å². The van der Waals surface area contributed by atoms with Gasteiger partial charge < -0.3 is 32.5 Å². The second kappa shape index (κ2) is 11.3. The molecule has 3 atom stereocenters. The van der Waals surface area contributed by atoms with E-state index < -0.39 is 54.3 Å². The minimum Gasteiger partial charge on any atom is -0.480 e. The van der Waals surface area contributed by atoms with E-state index >= 15 is 0 Å². The van der Waals surface area contributed by atoms with Crippen LogP contribution in [0, 0.1) is 5.92 Å². The van der Waals surface area contributed by atoms with E-state index in [4.69, 9.17) is 16.6 Å². The predicted molar refractivity (Wildman–Crippen MR) is 95.0 cm³/mol. The molecule has 12 heteroatoms. The highest BCUT2D eigenvalue weighted by Crippen LogP contribution is 2.03. The highest BCUT2D eigenvalue weighted by molar-refractivity contribution is 7.80. The lowest BCUT2D eigenvalue weighted by Gasteiger charge is -2.23. The Kier molecular flexibility index (Phi) is 10.3. The van der Waals surface area contributed by atoms with Crippen molar-refractivity contribution in [1.29, 1.82) is 0 Å². The lowest BCUT2D eigenvalue weighted by Crippen LogP contribution is -2.55. The Morgan fingerprint density at radius 2 is 1.65 bits per heavy atom. The summed E-state index contributed by atoms with van der Waals surface area (Å²) < 4.78 is 0. The quantitative estimate of drug-likeness (QED) is 0.182. The van der Waals surface area contributed by atoms with Crippen molar-refractivity contribution in [2.24, 2.45) is 17.4 Å². The Morgan fingerprint density at radius 1 is 1.08 bits per heavy atom. The number of nitrogens with two attached hydrogens (primary N) is 2. The van der Waals surface area contributed by atoms with Crippen LogP contribution in [0.25, 0.3) is 0 Å². The molecule has 0 heterocycles. The summed E-state index contributed by atoms with van der Waals surface area (Å²) >= 11 is 3.80. The zero-order valence-corrected chi connectivity index (χ0v) is 15.4. The molecule has 148 valence electrons. The average molecular weight is 391 g/mol. The molecule has 0 aromatic heterocycles. The number of hydrogen-bond donors (Lipinski definition) is 7. The Morgan fingerprint density at radius 3 is 2.08 bits per heavy atom. The van der Waals surface area contributed by atoms with Gasteiger partial charge in [0.15, 0.2) is 0 Å². The molecule has 0 aliphatic carbocycles. The molecule has 11 nitrogen and oxygen atoms in total. The summed E-state index contributed by atoms with van der Waals surface area (Å²) in [6.45, 7) is 2.83. The maximum Gasteiger partial charge on any atom is 0.327 e. The Hall–Kier alpha value is -2.34. The molecular formula is C14H25N5O6S. The fourth-order valence-electron chi connectivity index (χ4n) is 1.81. The van der Waals surface area contributed by atoms with Gasteiger partial charge in [-0.3, -0.25) is 19.2 Å². The van der Waals surface area contributed by atoms with E-state index in [9.17, 15) is 24.0 Å². The molecule has 0 radical (unpaired) electrons. The molecular weight excluding hydrogens is 366 g/mol. The molecule has 0 fully saturated rings. The second-order valence-corrected chi connectivity index (χ2v) is 6.23. The van der Waals surface area contributed by atoms with Crippen LogP contribution in [0.5, 0.6) is 0 Å². The molecule has 0 saturated carbocycles. The number of rotatable bonds is 11. The van der Waals surface area contributed by atoms with E-state index in [1.54, 1.807) is 13.8 Å². The first-order chi connectivity index (χ1) is 12.0. The highest BCUT2D eigenvalue weighted by atomic mass is 32.1. The van der Waals surface area contributed by atoms with E-state index in [1.807, 2.05) is 0 Å². The van der Waals surface area contributed by atoms with Crippen LogP contribution < -0.4 is 27.4 Å². The van der Waals surface area contributed by atoms with Gasteiger partial charge in [0.05, 0.1) is 19.0 Å². The maximum absolute atomic E-state index is 12.2. The predicted octanol–water partition coefficient (Wildman–Crippen LogP) is -3.05. The molecule has 0 aliphatic heterocycles. The first-order valence-electron chi connectivity index (χ1n) is 7.74. The van der Waals surface area contributed by atoms with Gasteiger partial charge in [0.25, 0.3) is 0 Å². The highest BCUT2D eigenvalue weighted by Gasteiger charge is 2.27. The second-order valence-electron chi connectivity index (χ2n) is 5.87. The topological polar surface area (TPSA) is 194 Å². The van der Waals surface area contributed by atoms with Gasteiger partial charge in [0.1, 0.15) is 12.1 Å². The van der Waals surface area contributed by atoms with Crippen LogP contribution in [0.2, 0.25) is 0 Å². The van der Waals surface area contributed by atoms with Crippen LogP contribution >= 0.6 is 12.6 Å². The van der Waals surface area contributed by atoms with E-state index in [1.165, 1.54) is 0 Å². The summed E-state index contributed by atoms with van der Waals surface area (Å²) in [5, 5.41) is 15.7. The third-order valence-electron chi connectivity index (χ3n) is 3.24. The third kappa shape index (κ3) is 8.67. The van der Waals surface area contributed by atoms with E-state index in [2.05, 4.69) is 28.6 Å². The number of primary amides is 1. The van der Waals surface area contributed by atoms with Crippen molar-refractivity contribution in [3.63, 3.8) is 0 Å². The summed E-state index contributed by atoms with van der Waals surface area (Å²) in [6.07, 6.45) is -0.374. The summed E-state index contributed by atoms with van der Waals surface area (Å²) in [4.78, 5) is 57.4. The number of nitrogens with one attached hydrogen (secondary N) is 3. The van der Waals surface area contributed by atoms with Gasteiger partial charge in [-0.1, -0.05) is 13.8 Å². The minimum atomic E-state index is -1.25. The fourth-order valence-corrected chi connectivity index (χ4v) is 2.06. The maximum atomic E-state index is 12.2. The van der Waals surface area contributed by atoms with E-state index in [-0.39, 0.29) is 18.1 Å². The number of amides is 4. The number of aliphatic carboxylic acids is 1. The first kappa shape index (κ1) is 23.7. The molecule has 0 bridgehead atoms. The van der Waals surface area contributed by atoms with Crippen molar-refractivity contribution in [3.05, 3.63) is 0 Å². The molecule has 0 aromatic carbocycles. The number of carboxylic acid groups (broad SMARTS) is 1. The molecule has 0 saturated heterocycles. The van der Waals surface area contributed by atoms with Gasteiger partial charge in [0, 0.05) is 5.75 Å². The molecule has 26 heavy (non-hydrogen) atoms. The number of hydrogen-bond acceptors (Lipinski definition) is 7. The lowest BCUT2D eigenvalue weighted by molar-refractivity contribution is -0.141. The number of carboxylic acids is 1. The number of carbonyl (C=O) groups is 5. The van der Waals surface area contributed by atoms with Crippen molar-refractivity contribution >= 4 is 42.2 Å². The van der Waals surface area contributed by atoms with Crippen LogP contribution in [-0.2, 0) is 24.0 Å². The average Bonchev–Trinajstić information content (AvgIpc) is 2.53. The zero-order valence-electron chi connectivity index (χ0n) is 14.5. The Labute approximate surface area is 156 Å². The fraction of sp³-hybridized carbons (Fsp3) is 0.643.